The van der Waals surface area contributed by atoms with Crippen molar-refractivity contribution < 1.29 is 22.4 Å². The first-order valence-corrected chi connectivity index (χ1v) is 10.1. The molecule has 2 aliphatic rings. The third-order valence-electron chi connectivity index (χ3n) is 5.45. The summed E-state index contributed by atoms with van der Waals surface area (Å²) in [5, 5.41) is 7.61. The van der Waals surface area contributed by atoms with Crippen LogP contribution in [0, 0.1) is 12.7 Å². The number of hydrogen-bond acceptors (Lipinski definition) is 8. The van der Waals surface area contributed by atoms with Gasteiger partial charge in [-0.05, 0) is 31.1 Å². The van der Waals surface area contributed by atoms with Crippen LogP contribution in [0.15, 0.2) is 24.0 Å². The Balaban J connectivity index is 1.40. The fraction of sp³-hybridized carbons (Fsp3) is 0.400. The van der Waals surface area contributed by atoms with Crippen LogP contribution in [0.4, 0.5) is 35.0 Å². The van der Waals surface area contributed by atoms with E-state index in [1.807, 2.05) is 0 Å². The zero-order valence-electron chi connectivity index (χ0n) is 18.1. The number of rotatable bonds is 5. The quantitative estimate of drug-likeness (QED) is 0.578. The minimum Gasteiger partial charge on any atom is -0.350 e. The number of nitrogens with one attached hydrogen (secondary N) is 3. The van der Waals surface area contributed by atoms with Crippen LogP contribution in [0.2, 0.25) is 0 Å². The van der Waals surface area contributed by atoms with Crippen LogP contribution in [-0.2, 0) is 17.5 Å². The Morgan fingerprint density at radius 1 is 1.30 bits per heavy atom. The van der Waals surface area contributed by atoms with E-state index < -0.39 is 17.7 Å². The molecule has 33 heavy (non-hydrogen) atoms. The highest BCUT2D eigenvalue weighted by Crippen LogP contribution is 2.32. The van der Waals surface area contributed by atoms with Crippen molar-refractivity contribution in [2.75, 3.05) is 35.7 Å². The number of alkyl halides is 3. The summed E-state index contributed by atoms with van der Waals surface area (Å²) in [4.78, 5) is 25.9. The number of fused-ring (bicyclic) bond motifs is 1. The largest absolute Gasteiger partial charge is 0.436 e. The molecule has 1 amide bonds. The lowest BCUT2D eigenvalue weighted by Crippen LogP contribution is -2.44. The third-order valence-corrected chi connectivity index (χ3v) is 5.45. The van der Waals surface area contributed by atoms with Gasteiger partial charge in [0.1, 0.15) is 11.7 Å². The van der Waals surface area contributed by atoms with Gasteiger partial charge in [0.15, 0.2) is 17.3 Å². The molecule has 0 saturated heterocycles. The Kier molecular flexibility index (Phi) is 5.82. The molecule has 0 unspecified atom stereocenters. The van der Waals surface area contributed by atoms with Crippen molar-refractivity contribution in [2.45, 2.75) is 32.6 Å². The van der Waals surface area contributed by atoms with Crippen LogP contribution in [0.5, 0.6) is 0 Å². The summed E-state index contributed by atoms with van der Waals surface area (Å²) in [6.07, 6.45) is -2.04. The predicted octanol–water partition coefficient (Wildman–Crippen LogP) is 2.43. The summed E-state index contributed by atoms with van der Waals surface area (Å²) in [6, 6.07) is 0.473. The monoisotopic (exact) mass is 466 g/mol. The highest BCUT2D eigenvalue weighted by Gasteiger charge is 2.36. The summed E-state index contributed by atoms with van der Waals surface area (Å²) >= 11 is 0. The lowest BCUT2D eigenvalue weighted by Gasteiger charge is -2.32. The number of nitrogens with zero attached hydrogens (tertiary/aromatic N) is 5. The standard InChI is InChI=1S/C20H22F4N8O/c1-10-15-17(31(3)11(2)18(33)29-15)30-19(28-10)26-6-13-7-27-32(9-13)8-12-4-14(21)16(25-5-12)20(22,23)24/h4-5,9,11,27H,6-8H2,1-3H3,(H,29,33)(H,26,28,30)/t11-/m0/s1. The fourth-order valence-electron chi connectivity index (χ4n) is 3.51. The maximum absolute atomic E-state index is 13.7. The molecule has 0 fully saturated rings. The van der Waals surface area contributed by atoms with Gasteiger partial charge in [0, 0.05) is 32.5 Å². The Hall–Kier alpha value is -3.48. The van der Waals surface area contributed by atoms with Gasteiger partial charge in [-0.25, -0.2) is 19.8 Å². The summed E-state index contributed by atoms with van der Waals surface area (Å²) in [5.74, 6) is -0.507. The molecule has 0 radical (unpaired) electrons. The maximum Gasteiger partial charge on any atom is 0.436 e. The molecule has 0 spiro atoms. The molecule has 13 heteroatoms. The molecule has 176 valence electrons. The first kappa shape index (κ1) is 22.7. The number of carbonyl (C=O) groups excluding carboxylic acids is 1. The van der Waals surface area contributed by atoms with Crippen molar-refractivity contribution in [2.24, 2.45) is 0 Å². The van der Waals surface area contributed by atoms with E-state index in [-0.39, 0.29) is 18.5 Å². The molecule has 0 aromatic carbocycles. The maximum atomic E-state index is 13.7. The Labute approximate surface area is 186 Å². The lowest BCUT2D eigenvalue weighted by atomic mass is 10.2. The van der Waals surface area contributed by atoms with Crippen molar-refractivity contribution in [3.05, 3.63) is 46.8 Å². The van der Waals surface area contributed by atoms with E-state index in [1.54, 1.807) is 37.0 Å². The van der Waals surface area contributed by atoms with Crippen LogP contribution >= 0.6 is 0 Å². The van der Waals surface area contributed by atoms with Crippen LogP contribution in [0.25, 0.3) is 0 Å². The molecular weight excluding hydrogens is 444 g/mol. The number of aromatic nitrogens is 3. The molecule has 4 rings (SSSR count). The summed E-state index contributed by atoms with van der Waals surface area (Å²) in [5.41, 5.74) is 3.98. The number of anilines is 3. The van der Waals surface area contributed by atoms with Crippen LogP contribution in [0.1, 0.15) is 23.9 Å². The molecule has 0 aliphatic carbocycles. The van der Waals surface area contributed by atoms with Gasteiger partial charge in [0.25, 0.3) is 0 Å². The molecule has 2 aromatic heterocycles. The normalized spacial score (nSPS) is 18.2. The minimum absolute atomic E-state index is 0.122. The smallest absolute Gasteiger partial charge is 0.350 e. The second-order valence-electron chi connectivity index (χ2n) is 7.88. The van der Waals surface area contributed by atoms with Gasteiger partial charge in [-0.15, -0.1) is 0 Å². The zero-order chi connectivity index (χ0) is 23.9. The molecule has 9 nitrogen and oxygen atoms in total. The van der Waals surface area contributed by atoms with E-state index in [0.29, 0.717) is 41.8 Å². The molecule has 2 aliphatic heterocycles. The van der Waals surface area contributed by atoms with Gasteiger partial charge in [0.2, 0.25) is 11.9 Å². The van der Waals surface area contributed by atoms with Crippen molar-refractivity contribution in [1.29, 1.82) is 0 Å². The van der Waals surface area contributed by atoms with E-state index in [9.17, 15) is 22.4 Å². The number of hydrazine groups is 1. The number of pyridine rings is 1. The average Bonchev–Trinajstić information content (AvgIpc) is 3.18. The second kappa shape index (κ2) is 8.46. The van der Waals surface area contributed by atoms with Gasteiger partial charge >= 0.3 is 6.18 Å². The topological polar surface area (TPSA) is 98.3 Å². The van der Waals surface area contributed by atoms with Crippen LogP contribution in [0.3, 0.4) is 0 Å². The van der Waals surface area contributed by atoms with E-state index >= 15 is 0 Å². The zero-order valence-corrected chi connectivity index (χ0v) is 18.1. The highest BCUT2D eigenvalue weighted by molar-refractivity contribution is 6.03. The molecule has 0 saturated carbocycles. The van der Waals surface area contributed by atoms with E-state index in [2.05, 4.69) is 31.0 Å². The molecular formula is C20H22F4N8O. The van der Waals surface area contributed by atoms with E-state index in [1.165, 1.54) is 0 Å². The van der Waals surface area contributed by atoms with Crippen molar-refractivity contribution >= 4 is 23.4 Å². The Morgan fingerprint density at radius 2 is 2.06 bits per heavy atom. The molecule has 4 heterocycles. The van der Waals surface area contributed by atoms with Gasteiger partial charge in [-0.2, -0.15) is 18.2 Å². The SMILES string of the molecule is Cc1nc(NCC2=CN(Cc3cnc(C(F)(F)F)c(F)c3)NC2)nc2c1NC(=O)[C@H](C)N2C. The first-order chi connectivity index (χ1) is 15.5. The summed E-state index contributed by atoms with van der Waals surface area (Å²) < 4.78 is 51.7. The minimum atomic E-state index is -4.83. The van der Waals surface area contributed by atoms with Gasteiger partial charge in [-0.1, -0.05) is 0 Å². The number of carbonyl (C=O) groups is 1. The van der Waals surface area contributed by atoms with Crippen molar-refractivity contribution in [3.8, 4) is 0 Å². The van der Waals surface area contributed by atoms with Crippen molar-refractivity contribution in [1.82, 2.24) is 25.4 Å². The number of hydrogen-bond donors (Lipinski definition) is 3. The first-order valence-electron chi connectivity index (χ1n) is 10.1. The Bertz CT molecular complexity index is 1120. The van der Waals surface area contributed by atoms with Gasteiger partial charge in [-0.3, -0.25) is 4.79 Å². The molecule has 3 N–H and O–H groups in total. The number of halogens is 4. The average molecular weight is 466 g/mol. The number of aryl methyl sites for hydroxylation is 1. The molecule has 1 atom stereocenters. The highest BCUT2D eigenvalue weighted by atomic mass is 19.4. The number of amides is 1. The van der Waals surface area contributed by atoms with E-state index in [0.717, 1.165) is 17.8 Å². The third kappa shape index (κ3) is 4.67. The van der Waals surface area contributed by atoms with Crippen molar-refractivity contribution in [3.63, 3.8) is 0 Å². The number of likely N-dealkylation sites (N-methyl/N-ethyl adjacent to an activating group) is 1. The van der Waals surface area contributed by atoms with Crippen LogP contribution in [-0.4, -0.2) is 52.0 Å². The fourth-order valence-corrected chi connectivity index (χ4v) is 3.51. The van der Waals surface area contributed by atoms with Gasteiger partial charge < -0.3 is 20.5 Å². The summed E-state index contributed by atoms with van der Waals surface area (Å²) in [7, 11) is 1.79. The Morgan fingerprint density at radius 3 is 2.76 bits per heavy atom. The lowest BCUT2D eigenvalue weighted by molar-refractivity contribution is -0.143. The predicted molar refractivity (Wildman–Crippen MR) is 113 cm³/mol. The van der Waals surface area contributed by atoms with Gasteiger partial charge in [0.05, 0.1) is 12.2 Å². The van der Waals surface area contributed by atoms with Crippen LogP contribution < -0.4 is 21.0 Å². The molecule has 0 bridgehead atoms. The summed E-state index contributed by atoms with van der Waals surface area (Å²) in [6.45, 7) is 4.60. The van der Waals surface area contributed by atoms with E-state index in [4.69, 9.17) is 0 Å². The second-order valence-corrected chi connectivity index (χ2v) is 7.88. The molecule has 2 aromatic rings.